The van der Waals surface area contributed by atoms with Crippen LogP contribution in [0.3, 0.4) is 0 Å². The predicted octanol–water partition coefficient (Wildman–Crippen LogP) is 0.726. The van der Waals surface area contributed by atoms with Gasteiger partial charge in [0.25, 0.3) is 0 Å². The molecule has 1 aromatic heterocycles. The van der Waals surface area contributed by atoms with Gasteiger partial charge in [0.05, 0.1) is 24.3 Å². The topological polar surface area (TPSA) is 59.2 Å². The zero-order chi connectivity index (χ0) is 11.4. The first-order valence-electron chi connectivity index (χ1n) is 4.90. The Morgan fingerprint density at radius 1 is 1.53 bits per heavy atom. The molecular weight excluding hydrogens is 190 g/mol. The monoisotopic (exact) mass is 207 g/mol. The summed E-state index contributed by atoms with van der Waals surface area (Å²) in [7, 11) is 3.78. The predicted molar refractivity (Wildman–Crippen MR) is 60.5 cm³/mol. The maximum atomic E-state index is 11.7. The van der Waals surface area contributed by atoms with Gasteiger partial charge in [-0.2, -0.15) is 0 Å². The van der Waals surface area contributed by atoms with Crippen molar-refractivity contribution in [2.45, 2.75) is 19.4 Å². The summed E-state index contributed by atoms with van der Waals surface area (Å²) in [5, 5.41) is 0. The van der Waals surface area contributed by atoms with Crippen molar-refractivity contribution in [3.05, 3.63) is 24.0 Å². The fraction of sp³-hybridized carbons (Fsp3) is 0.455. The molecule has 1 aromatic rings. The van der Waals surface area contributed by atoms with Crippen LogP contribution < -0.4 is 5.73 Å². The number of hydrogen-bond acceptors (Lipinski definition) is 4. The van der Waals surface area contributed by atoms with Crippen LogP contribution in [0.2, 0.25) is 0 Å². The molecule has 1 atom stereocenters. The Morgan fingerprint density at radius 2 is 2.20 bits per heavy atom. The minimum atomic E-state index is -0.0793. The third kappa shape index (κ3) is 3.32. The fourth-order valence-corrected chi connectivity index (χ4v) is 1.15. The van der Waals surface area contributed by atoms with Crippen LogP contribution >= 0.6 is 0 Å². The minimum absolute atomic E-state index is 0.0793. The zero-order valence-electron chi connectivity index (χ0n) is 9.40. The summed E-state index contributed by atoms with van der Waals surface area (Å²) in [4.78, 5) is 17.7. The number of Topliss-reactive ketones (excluding diaryl/α,β-unsaturated/α-hetero) is 1. The summed E-state index contributed by atoms with van der Waals surface area (Å²) < 4.78 is 0. The lowest BCUT2D eigenvalue weighted by Gasteiger charge is -2.17. The van der Waals surface area contributed by atoms with Crippen molar-refractivity contribution >= 4 is 11.5 Å². The van der Waals surface area contributed by atoms with E-state index in [4.69, 9.17) is 5.73 Å². The molecule has 0 spiro atoms. The lowest BCUT2D eigenvalue weighted by atomic mass is 10.1. The molecule has 0 bridgehead atoms. The Balaban J connectivity index is 2.62. The van der Waals surface area contributed by atoms with Crippen LogP contribution in [0.1, 0.15) is 12.6 Å². The van der Waals surface area contributed by atoms with Gasteiger partial charge in [-0.3, -0.25) is 14.7 Å². The van der Waals surface area contributed by atoms with Crippen LogP contribution in [0.25, 0.3) is 0 Å². The first kappa shape index (κ1) is 11.7. The maximum absolute atomic E-state index is 11.7. The lowest BCUT2D eigenvalue weighted by molar-refractivity contribution is -0.122. The Kier molecular flexibility index (Phi) is 3.80. The van der Waals surface area contributed by atoms with Crippen LogP contribution in [0, 0.1) is 0 Å². The second-order valence-corrected chi connectivity index (χ2v) is 3.87. The molecule has 82 valence electrons. The largest absolute Gasteiger partial charge is 0.397 e. The zero-order valence-corrected chi connectivity index (χ0v) is 9.40. The highest BCUT2D eigenvalue weighted by atomic mass is 16.1. The number of ketones is 1. The Morgan fingerprint density at radius 3 is 2.67 bits per heavy atom. The van der Waals surface area contributed by atoms with Crippen molar-refractivity contribution in [3.8, 4) is 0 Å². The highest BCUT2D eigenvalue weighted by molar-refractivity contribution is 5.85. The van der Waals surface area contributed by atoms with E-state index < -0.39 is 0 Å². The molecule has 0 fully saturated rings. The highest BCUT2D eigenvalue weighted by Gasteiger charge is 2.15. The van der Waals surface area contributed by atoms with E-state index in [1.807, 2.05) is 25.9 Å². The number of likely N-dealkylation sites (N-methyl/N-ethyl adjacent to an activating group) is 1. The van der Waals surface area contributed by atoms with Gasteiger partial charge in [0.1, 0.15) is 0 Å². The number of pyridine rings is 1. The first-order chi connectivity index (χ1) is 7.00. The number of aromatic nitrogens is 1. The van der Waals surface area contributed by atoms with Crippen molar-refractivity contribution in [2.24, 2.45) is 0 Å². The molecule has 4 nitrogen and oxygen atoms in total. The Bertz CT molecular complexity index is 332. The van der Waals surface area contributed by atoms with Crippen molar-refractivity contribution in [3.63, 3.8) is 0 Å². The standard InChI is InChI=1S/C11H17N3O/c1-8(14(2)3)11(15)6-10-5-4-9(12)7-13-10/h4-5,7-8H,6,12H2,1-3H3. The van der Waals surface area contributed by atoms with E-state index >= 15 is 0 Å². The van der Waals surface area contributed by atoms with Crippen molar-refractivity contribution in [2.75, 3.05) is 19.8 Å². The third-order valence-electron chi connectivity index (χ3n) is 2.44. The van der Waals surface area contributed by atoms with Crippen molar-refractivity contribution in [1.29, 1.82) is 0 Å². The van der Waals surface area contributed by atoms with E-state index in [1.54, 1.807) is 18.3 Å². The van der Waals surface area contributed by atoms with E-state index in [2.05, 4.69) is 4.98 Å². The second-order valence-electron chi connectivity index (χ2n) is 3.87. The molecule has 0 saturated heterocycles. The van der Waals surface area contributed by atoms with E-state index in [0.717, 1.165) is 5.69 Å². The van der Waals surface area contributed by atoms with Crippen LogP contribution in [-0.2, 0) is 11.2 Å². The maximum Gasteiger partial charge on any atom is 0.155 e. The van der Waals surface area contributed by atoms with E-state index in [-0.39, 0.29) is 11.8 Å². The quantitative estimate of drug-likeness (QED) is 0.790. The van der Waals surface area contributed by atoms with Crippen LogP contribution in [0.15, 0.2) is 18.3 Å². The van der Waals surface area contributed by atoms with Gasteiger partial charge in [-0.05, 0) is 33.2 Å². The van der Waals surface area contributed by atoms with Crippen LogP contribution in [0.5, 0.6) is 0 Å². The highest BCUT2D eigenvalue weighted by Crippen LogP contribution is 2.04. The molecule has 15 heavy (non-hydrogen) atoms. The minimum Gasteiger partial charge on any atom is -0.397 e. The van der Waals surface area contributed by atoms with E-state index in [0.29, 0.717) is 12.1 Å². The smallest absolute Gasteiger partial charge is 0.155 e. The fourth-order valence-electron chi connectivity index (χ4n) is 1.15. The van der Waals surface area contributed by atoms with Gasteiger partial charge in [-0.15, -0.1) is 0 Å². The first-order valence-corrected chi connectivity index (χ1v) is 4.90. The Hall–Kier alpha value is -1.42. The molecule has 0 amide bonds. The summed E-state index contributed by atoms with van der Waals surface area (Å²) in [5.74, 6) is 0.164. The van der Waals surface area contributed by atoms with Crippen LogP contribution in [0.4, 0.5) is 5.69 Å². The van der Waals surface area contributed by atoms with Crippen molar-refractivity contribution in [1.82, 2.24) is 9.88 Å². The number of rotatable bonds is 4. The third-order valence-corrected chi connectivity index (χ3v) is 2.44. The molecule has 0 aliphatic rings. The van der Waals surface area contributed by atoms with Gasteiger partial charge in [0.2, 0.25) is 0 Å². The summed E-state index contributed by atoms with van der Waals surface area (Å²) in [6.07, 6.45) is 1.93. The van der Waals surface area contributed by atoms with Gasteiger partial charge in [0.15, 0.2) is 5.78 Å². The molecule has 1 rings (SSSR count). The number of hydrogen-bond donors (Lipinski definition) is 1. The van der Waals surface area contributed by atoms with Gasteiger partial charge in [0, 0.05) is 5.69 Å². The normalized spacial score (nSPS) is 12.8. The number of nitrogens with zero attached hydrogens (tertiary/aromatic N) is 2. The van der Waals surface area contributed by atoms with Crippen molar-refractivity contribution < 1.29 is 4.79 Å². The van der Waals surface area contributed by atoms with Gasteiger partial charge < -0.3 is 5.73 Å². The van der Waals surface area contributed by atoms with Gasteiger partial charge >= 0.3 is 0 Å². The van der Waals surface area contributed by atoms with E-state index in [1.165, 1.54) is 0 Å². The summed E-state index contributed by atoms with van der Waals surface area (Å²) in [5.41, 5.74) is 6.89. The van der Waals surface area contributed by atoms with E-state index in [9.17, 15) is 4.79 Å². The molecular formula is C11H17N3O. The average Bonchev–Trinajstić information content (AvgIpc) is 2.20. The molecule has 2 N–H and O–H groups in total. The number of carbonyl (C=O) groups is 1. The molecule has 0 saturated carbocycles. The molecule has 0 radical (unpaired) electrons. The molecule has 1 heterocycles. The molecule has 0 aromatic carbocycles. The number of nitrogens with two attached hydrogens (primary N) is 1. The summed E-state index contributed by atoms with van der Waals surface area (Å²) >= 11 is 0. The summed E-state index contributed by atoms with van der Waals surface area (Å²) in [6.45, 7) is 1.89. The average molecular weight is 207 g/mol. The molecule has 0 aliphatic heterocycles. The lowest BCUT2D eigenvalue weighted by Crippen LogP contribution is -2.34. The molecule has 1 unspecified atom stereocenters. The molecule has 4 heteroatoms. The number of nitrogen functional groups attached to an aromatic ring is 1. The van der Waals surface area contributed by atoms with Gasteiger partial charge in [-0.25, -0.2) is 0 Å². The summed E-state index contributed by atoms with van der Waals surface area (Å²) in [6, 6.07) is 3.47. The molecule has 0 aliphatic carbocycles. The second kappa shape index (κ2) is 4.89. The Labute approximate surface area is 90.1 Å². The number of anilines is 1. The number of carbonyl (C=O) groups excluding carboxylic acids is 1. The SMILES string of the molecule is CC(C(=O)Cc1ccc(N)cn1)N(C)C. The van der Waals surface area contributed by atoms with Gasteiger partial charge in [-0.1, -0.05) is 0 Å². The van der Waals surface area contributed by atoms with Crippen LogP contribution in [-0.4, -0.2) is 35.8 Å².